The van der Waals surface area contributed by atoms with Crippen LogP contribution in [0.5, 0.6) is 0 Å². The lowest BCUT2D eigenvalue weighted by atomic mass is 10.2. The molecule has 0 bridgehead atoms. The highest BCUT2D eigenvalue weighted by Crippen LogP contribution is 2.17. The third-order valence-corrected chi connectivity index (χ3v) is 5.17. The minimum Gasteiger partial charge on any atom is -0.378 e. The molecular formula is C21H33IN6O. The van der Waals surface area contributed by atoms with E-state index in [2.05, 4.69) is 58.7 Å². The van der Waals surface area contributed by atoms with E-state index in [9.17, 15) is 0 Å². The van der Waals surface area contributed by atoms with E-state index in [1.54, 1.807) is 0 Å². The molecule has 1 aliphatic heterocycles. The van der Waals surface area contributed by atoms with E-state index in [1.165, 1.54) is 22.5 Å². The number of ether oxygens (including phenoxy) is 1. The summed E-state index contributed by atoms with van der Waals surface area (Å²) in [6.45, 7) is 11.9. The van der Waals surface area contributed by atoms with Crippen LogP contribution in [0, 0.1) is 13.8 Å². The van der Waals surface area contributed by atoms with Gasteiger partial charge in [0.1, 0.15) is 0 Å². The van der Waals surface area contributed by atoms with Crippen LogP contribution in [0.3, 0.4) is 0 Å². The first-order chi connectivity index (χ1) is 13.6. The second-order valence-corrected chi connectivity index (χ2v) is 7.09. The number of morpholine rings is 1. The molecule has 0 unspecified atom stereocenters. The first kappa shape index (κ1) is 23.5. The van der Waals surface area contributed by atoms with Crippen molar-refractivity contribution in [3.8, 4) is 0 Å². The summed E-state index contributed by atoms with van der Waals surface area (Å²) in [6, 6.07) is 8.68. The van der Waals surface area contributed by atoms with Gasteiger partial charge >= 0.3 is 0 Å². The predicted octanol–water partition coefficient (Wildman–Crippen LogP) is 2.75. The summed E-state index contributed by atoms with van der Waals surface area (Å²) in [6.07, 6.45) is 0. The van der Waals surface area contributed by atoms with Crippen molar-refractivity contribution in [1.29, 1.82) is 0 Å². The lowest BCUT2D eigenvalue weighted by Crippen LogP contribution is -2.37. The second-order valence-electron chi connectivity index (χ2n) is 7.09. The van der Waals surface area contributed by atoms with Crippen LogP contribution in [0.15, 0.2) is 29.3 Å². The lowest BCUT2D eigenvalue weighted by molar-refractivity contribution is 0.122. The SMILES string of the molecule is CCNC(=NCc1ccc(N2CCOCC2)cc1)NCc1c(C)nn(C)c1C.I. The molecule has 0 radical (unpaired) electrons. The number of halogens is 1. The number of hydrogen-bond donors (Lipinski definition) is 2. The van der Waals surface area contributed by atoms with Crippen molar-refractivity contribution in [2.45, 2.75) is 33.9 Å². The number of nitrogens with one attached hydrogen (secondary N) is 2. The molecule has 0 aliphatic carbocycles. The molecule has 2 heterocycles. The first-order valence-corrected chi connectivity index (χ1v) is 10.0. The quantitative estimate of drug-likeness (QED) is 0.354. The highest BCUT2D eigenvalue weighted by atomic mass is 127. The molecule has 0 saturated carbocycles. The fourth-order valence-electron chi connectivity index (χ4n) is 3.39. The highest BCUT2D eigenvalue weighted by molar-refractivity contribution is 14.0. The Morgan fingerprint density at radius 2 is 1.83 bits per heavy atom. The molecule has 8 heteroatoms. The number of aryl methyl sites for hydroxylation is 2. The maximum atomic E-state index is 5.43. The van der Waals surface area contributed by atoms with Gasteiger partial charge in [0.15, 0.2) is 5.96 Å². The number of aromatic nitrogens is 2. The van der Waals surface area contributed by atoms with E-state index in [0.29, 0.717) is 13.1 Å². The molecule has 7 nitrogen and oxygen atoms in total. The second kappa shape index (κ2) is 11.4. The molecule has 0 amide bonds. The molecular weight excluding hydrogens is 479 g/mol. The number of benzene rings is 1. The average Bonchev–Trinajstić information content (AvgIpc) is 2.96. The number of nitrogens with zero attached hydrogens (tertiary/aromatic N) is 4. The van der Waals surface area contributed by atoms with E-state index in [-0.39, 0.29) is 24.0 Å². The number of anilines is 1. The Labute approximate surface area is 190 Å². The van der Waals surface area contributed by atoms with Gasteiger partial charge in [-0.2, -0.15) is 5.10 Å². The molecule has 29 heavy (non-hydrogen) atoms. The fourth-order valence-corrected chi connectivity index (χ4v) is 3.39. The highest BCUT2D eigenvalue weighted by Gasteiger charge is 2.11. The van der Waals surface area contributed by atoms with E-state index in [1.807, 2.05) is 18.7 Å². The van der Waals surface area contributed by atoms with E-state index >= 15 is 0 Å². The van der Waals surface area contributed by atoms with Gasteiger partial charge in [0.2, 0.25) is 0 Å². The van der Waals surface area contributed by atoms with E-state index in [0.717, 1.165) is 44.5 Å². The van der Waals surface area contributed by atoms with Gasteiger partial charge in [-0.3, -0.25) is 4.68 Å². The standard InChI is InChI=1S/C21H32N6O.HI/c1-5-22-21(24-15-20-16(2)25-26(4)17(20)3)23-14-18-6-8-19(9-7-18)27-10-12-28-13-11-27;/h6-9H,5,10-15H2,1-4H3,(H2,22,23,24);1H. The molecule has 1 aliphatic rings. The Hall–Kier alpha value is -1.81. The van der Waals surface area contributed by atoms with Crippen LogP contribution in [0.25, 0.3) is 0 Å². The summed E-state index contributed by atoms with van der Waals surface area (Å²) >= 11 is 0. The van der Waals surface area contributed by atoms with Crippen molar-refractivity contribution in [2.24, 2.45) is 12.0 Å². The Morgan fingerprint density at radius 3 is 2.41 bits per heavy atom. The van der Waals surface area contributed by atoms with Gasteiger partial charge in [-0.15, -0.1) is 24.0 Å². The average molecular weight is 512 g/mol. The van der Waals surface area contributed by atoms with Gasteiger partial charge in [-0.05, 0) is 38.5 Å². The normalized spacial score (nSPS) is 14.5. The van der Waals surface area contributed by atoms with Crippen LogP contribution < -0.4 is 15.5 Å². The van der Waals surface area contributed by atoms with Crippen LogP contribution in [0.1, 0.15) is 29.4 Å². The van der Waals surface area contributed by atoms with Crippen molar-refractivity contribution in [3.63, 3.8) is 0 Å². The molecule has 3 rings (SSSR count). The molecule has 160 valence electrons. The van der Waals surface area contributed by atoms with Crippen molar-refractivity contribution >= 4 is 35.6 Å². The van der Waals surface area contributed by atoms with Gasteiger partial charge in [0.25, 0.3) is 0 Å². The Bertz CT molecular complexity index is 796. The summed E-state index contributed by atoms with van der Waals surface area (Å²) in [5, 5.41) is 11.2. The maximum Gasteiger partial charge on any atom is 0.191 e. The molecule has 1 saturated heterocycles. The van der Waals surface area contributed by atoms with Crippen LogP contribution >= 0.6 is 24.0 Å². The fraction of sp³-hybridized carbons (Fsp3) is 0.524. The molecule has 2 N–H and O–H groups in total. The minimum atomic E-state index is 0. The lowest BCUT2D eigenvalue weighted by Gasteiger charge is -2.28. The Morgan fingerprint density at radius 1 is 1.14 bits per heavy atom. The number of guanidine groups is 1. The predicted molar refractivity (Wildman–Crippen MR) is 129 cm³/mol. The van der Waals surface area contributed by atoms with Crippen LogP contribution in [0.2, 0.25) is 0 Å². The van der Waals surface area contributed by atoms with Crippen molar-refractivity contribution in [1.82, 2.24) is 20.4 Å². The minimum absolute atomic E-state index is 0. The number of rotatable bonds is 6. The van der Waals surface area contributed by atoms with Crippen molar-refractivity contribution in [3.05, 3.63) is 46.8 Å². The van der Waals surface area contributed by atoms with Gasteiger partial charge in [0, 0.05) is 50.2 Å². The van der Waals surface area contributed by atoms with E-state index < -0.39 is 0 Å². The third kappa shape index (κ3) is 6.33. The number of aliphatic imine (C=N–C) groups is 1. The third-order valence-electron chi connectivity index (χ3n) is 5.17. The summed E-state index contributed by atoms with van der Waals surface area (Å²) in [4.78, 5) is 7.10. The molecule has 1 fully saturated rings. The van der Waals surface area contributed by atoms with Crippen molar-refractivity contribution < 1.29 is 4.74 Å². The largest absolute Gasteiger partial charge is 0.378 e. The first-order valence-electron chi connectivity index (χ1n) is 10.0. The molecule has 1 aromatic carbocycles. The van der Waals surface area contributed by atoms with Crippen LogP contribution in [-0.2, 0) is 24.9 Å². The van der Waals surface area contributed by atoms with Crippen LogP contribution in [0.4, 0.5) is 5.69 Å². The zero-order valence-corrected chi connectivity index (χ0v) is 20.2. The topological polar surface area (TPSA) is 66.7 Å². The summed E-state index contributed by atoms with van der Waals surface area (Å²) in [5.74, 6) is 0.822. The summed E-state index contributed by atoms with van der Waals surface area (Å²) < 4.78 is 7.35. The monoisotopic (exact) mass is 512 g/mol. The molecule has 1 aromatic heterocycles. The maximum absolute atomic E-state index is 5.43. The van der Waals surface area contributed by atoms with Crippen molar-refractivity contribution in [2.75, 3.05) is 37.7 Å². The Balaban J connectivity index is 0.00000300. The zero-order valence-electron chi connectivity index (χ0n) is 17.9. The zero-order chi connectivity index (χ0) is 19.9. The molecule has 0 atom stereocenters. The molecule has 2 aromatic rings. The molecule has 0 spiro atoms. The summed E-state index contributed by atoms with van der Waals surface area (Å²) in [5.41, 5.74) is 5.91. The number of hydrogen-bond acceptors (Lipinski definition) is 4. The van der Waals surface area contributed by atoms with Crippen LogP contribution in [-0.4, -0.2) is 48.6 Å². The van der Waals surface area contributed by atoms with Gasteiger partial charge in [0.05, 0.1) is 25.5 Å². The smallest absolute Gasteiger partial charge is 0.191 e. The van der Waals surface area contributed by atoms with Gasteiger partial charge in [-0.25, -0.2) is 4.99 Å². The summed E-state index contributed by atoms with van der Waals surface area (Å²) in [7, 11) is 1.98. The van der Waals surface area contributed by atoms with Gasteiger partial charge in [-0.1, -0.05) is 12.1 Å². The Kier molecular flexibility index (Phi) is 9.22. The van der Waals surface area contributed by atoms with Gasteiger partial charge < -0.3 is 20.3 Å². The van der Waals surface area contributed by atoms with E-state index in [4.69, 9.17) is 9.73 Å².